The molecule has 1 atom stereocenters. The molecule has 4 N–H and O–H groups in total. The van der Waals surface area contributed by atoms with Gasteiger partial charge in [-0.15, -0.1) is 11.3 Å². The van der Waals surface area contributed by atoms with Crippen molar-refractivity contribution in [2.75, 3.05) is 19.6 Å². The van der Waals surface area contributed by atoms with Crippen LogP contribution in [-0.2, 0) is 4.79 Å². The molecular weight excluding hydrogens is 292 g/mol. The lowest BCUT2D eigenvalue weighted by atomic mass is 10.1. The van der Waals surface area contributed by atoms with Crippen LogP contribution in [0.1, 0.15) is 41.3 Å². The summed E-state index contributed by atoms with van der Waals surface area (Å²) in [6.45, 7) is 3.81. The summed E-state index contributed by atoms with van der Waals surface area (Å²) in [5, 5.41) is 13.8. The van der Waals surface area contributed by atoms with Gasteiger partial charge in [-0.25, -0.2) is 9.78 Å². The summed E-state index contributed by atoms with van der Waals surface area (Å²) in [5.41, 5.74) is 5.84. The van der Waals surface area contributed by atoms with E-state index in [1.165, 1.54) is 16.7 Å². The van der Waals surface area contributed by atoms with Crippen LogP contribution < -0.4 is 11.1 Å². The van der Waals surface area contributed by atoms with Gasteiger partial charge in [-0.05, 0) is 19.8 Å². The van der Waals surface area contributed by atoms with Crippen molar-refractivity contribution in [1.29, 1.82) is 0 Å². The summed E-state index contributed by atoms with van der Waals surface area (Å²) >= 11 is 1.24. The van der Waals surface area contributed by atoms with Crippen molar-refractivity contribution in [3.63, 3.8) is 0 Å². The van der Waals surface area contributed by atoms with Gasteiger partial charge in [-0.1, -0.05) is 0 Å². The third-order valence-corrected chi connectivity index (χ3v) is 4.52. The third-order valence-electron chi connectivity index (χ3n) is 3.49. The van der Waals surface area contributed by atoms with Crippen LogP contribution in [-0.4, -0.2) is 52.5 Å². The normalized spacial score (nSPS) is 18.4. The fraction of sp³-hybridized carbons (Fsp3) is 0.615. The lowest BCUT2D eigenvalue weighted by Crippen LogP contribution is -2.44. The summed E-state index contributed by atoms with van der Waals surface area (Å²) in [5.74, 6) is -1.13. The number of nitrogens with two attached hydrogens (primary N) is 1. The van der Waals surface area contributed by atoms with Crippen LogP contribution in [0.25, 0.3) is 0 Å². The smallest absolute Gasteiger partial charge is 0.355 e. The molecule has 0 aliphatic carbocycles. The van der Waals surface area contributed by atoms with Gasteiger partial charge in [-0.2, -0.15) is 0 Å². The highest BCUT2D eigenvalue weighted by atomic mass is 32.1. The van der Waals surface area contributed by atoms with Crippen molar-refractivity contribution >= 4 is 23.2 Å². The zero-order valence-electron chi connectivity index (χ0n) is 11.9. The first-order chi connectivity index (χ1) is 9.95. The Kier molecular flexibility index (Phi) is 5.27. The van der Waals surface area contributed by atoms with E-state index in [1.54, 1.807) is 6.92 Å². The van der Waals surface area contributed by atoms with E-state index < -0.39 is 5.97 Å². The number of hydrogen-bond acceptors (Lipinski definition) is 6. The molecule has 1 aliphatic rings. The molecule has 1 fully saturated rings. The highest BCUT2D eigenvalue weighted by molar-refractivity contribution is 7.09. The molecule has 2 rings (SSSR count). The molecule has 21 heavy (non-hydrogen) atoms. The third kappa shape index (κ3) is 4.48. The standard InChI is InChI=1S/C13H20N4O3S/c1-8(12-16-10(7-21-12)13(19)20)15-11(18)6-17-4-2-9(14)3-5-17/h7-9H,2-6,14H2,1H3,(H,15,18)(H,19,20). The first-order valence-electron chi connectivity index (χ1n) is 6.91. The van der Waals surface area contributed by atoms with Gasteiger partial charge >= 0.3 is 5.97 Å². The molecule has 0 bridgehead atoms. The number of aromatic nitrogens is 1. The second kappa shape index (κ2) is 6.97. The Morgan fingerprint density at radius 1 is 1.57 bits per heavy atom. The van der Waals surface area contributed by atoms with Crippen LogP contribution in [0, 0.1) is 0 Å². The van der Waals surface area contributed by atoms with Crippen molar-refractivity contribution in [1.82, 2.24) is 15.2 Å². The maximum atomic E-state index is 12.0. The number of hydrogen-bond donors (Lipinski definition) is 3. The average Bonchev–Trinajstić information content (AvgIpc) is 2.91. The SMILES string of the molecule is CC(NC(=O)CN1CCC(N)CC1)c1nc(C(=O)O)cs1. The van der Waals surface area contributed by atoms with Crippen LogP contribution in [0.5, 0.6) is 0 Å². The van der Waals surface area contributed by atoms with Crippen LogP contribution in [0.15, 0.2) is 5.38 Å². The molecule has 0 saturated carbocycles. The fourth-order valence-corrected chi connectivity index (χ4v) is 3.05. The number of nitrogens with one attached hydrogen (secondary N) is 1. The van der Waals surface area contributed by atoms with Crippen LogP contribution in [0.4, 0.5) is 0 Å². The Morgan fingerprint density at radius 3 is 2.81 bits per heavy atom. The Balaban J connectivity index is 1.82. The van der Waals surface area contributed by atoms with E-state index in [9.17, 15) is 9.59 Å². The maximum absolute atomic E-state index is 12.0. The van der Waals surface area contributed by atoms with Crippen molar-refractivity contribution < 1.29 is 14.7 Å². The largest absolute Gasteiger partial charge is 0.476 e. The number of carbonyl (C=O) groups excluding carboxylic acids is 1. The van der Waals surface area contributed by atoms with Crippen molar-refractivity contribution in [3.8, 4) is 0 Å². The van der Waals surface area contributed by atoms with E-state index in [-0.39, 0.29) is 23.7 Å². The quantitative estimate of drug-likeness (QED) is 0.728. The average molecular weight is 312 g/mol. The highest BCUT2D eigenvalue weighted by Gasteiger charge is 2.20. The monoisotopic (exact) mass is 312 g/mol. The molecule has 116 valence electrons. The number of likely N-dealkylation sites (tertiary alicyclic amines) is 1. The van der Waals surface area contributed by atoms with Gasteiger partial charge < -0.3 is 16.2 Å². The second-order valence-corrected chi connectivity index (χ2v) is 6.17. The molecule has 1 unspecified atom stereocenters. The number of amides is 1. The Hall–Kier alpha value is -1.51. The number of aromatic carboxylic acids is 1. The summed E-state index contributed by atoms with van der Waals surface area (Å²) in [4.78, 5) is 28.9. The van der Waals surface area contributed by atoms with E-state index in [4.69, 9.17) is 10.8 Å². The van der Waals surface area contributed by atoms with Gasteiger partial charge in [0.1, 0.15) is 5.01 Å². The summed E-state index contributed by atoms with van der Waals surface area (Å²) in [6, 6.07) is -0.0457. The van der Waals surface area contributed by atoms with Crippen molar-refractivity contribution in [2.45, 2.75) is 31.8 Å². The van der Waals surface area contributed by atoms with Crippen LogP contribution in [0.3, 0.4) is 0 Å². The number of piperidine rings is 1. The second-order valence-electron chi connectivity index (χ2n) is 5.28. The zero-order valence-corrected chi connectivity index (χ0v) is 12.7. The van der Waals surface area contributed by atoms with E-state index >= 15 is 0 Å². The molecular formula is C13H20N4O3S. The number of nitrogens with zero attached hydrogens (tertiary/aromatic N) is 2. The van der Waals surface area contributed by atoms with E-state index in [0.717, 1.165) is 25.9 Å². The molecule has 8 heteroatoms. The summed E-state index contributed by atoms with van der Waals surface area (Å²) < 4.78 is 0. The predicted octanol–water partition coefficient (Wildman–Crippen LogP) is 0.442. The number of carboxylic acids is 1. The van der Waals surface area contributed by atoms with Gasteiger partial charge in [-0.3, -0.25) is 9.69 Å². The van der Waals surface area contributed by atoms with E-state index in [2.05, 4.69) is 15.2 Å². The summed E-state index contributed by atoms with van der Waals surface area (Å²) in [7, 11) is 0. The number of thiazole rings is 1. The molecule has 7 nitrogen and oxygen atoms in total. The van der Waals surface area contributed by atoms with Gasteiger partial charge in [0, 0.05) is 24.5 Å². The molecule has 0 radical (unpaired) electrons. The zero-order chi connectivity index (χ0) is 15.4. The minimum atomic E-state index is -1.05. The Labute approximate surface area is 127 Å². The van der Waals surface area contributed by atoms with Gasteiger partial charge in [0.15, 0.2) is 5.69 Å². The molecule has 1 aromatic heterocycles. The van der Waals surface area contributed by atoms with Crippen molar-refractivity contribution in [2.24, 2.45) is 5.73 Å². The number of carboxylic acid groups (broad SMARTS) is 1. The first kappa shape index (κ1) is 15.9. The summed E-state index contributed by atoms with van der Waals surface area (Å²) in [6.07, 6.45) is 1.83. The van der Waals surface area contributed by atoms with Crippen LogP contribution in [0.2, 0.25) is 0 Å². The molecule has 2 heterocycles. The van der Waals surface area contributed by atoms with E-state index in [1.807, 2.05) is 0 Å². The Bertz CT molecular complexity index is 511. The minimum Gasteiger partial charge on any atom is -0.476 e. The molecule has 1 aromatic rings. The molecule has 1 amide bonds. The van der Waals surface area contributed by atoms with Gasteiger partial charge in [0.05, 0.1) is 12.6 Å². The first-order valence-corrected chi connectivity index (χ1v) is 7.79. The maximum Gasteiger partial charge on any atom is 0.355 e. The molecule has 0 aromatic carbocycles. The van der Waals surface area contributed by atoms with Crippen LogP contribution >= 0.6 is 11.3 Å². The number of rotatable bonds is 5. The topological polar surface area (TPSA) is 109 Å². The number of carbonyl (C=O) groups is 2. The molecule has 0 spiro atoms. The van der Waals surface area contributed by atoms with Crippen molar-refractivity contribution in [3.05, 3.63) is 16.1 Å². The van der Waals surface area contributed by atoms with Gasteiger partial charge in [0.25, 0.3) is 0 Å². The van der Waals surface area contributed by atoms with E-state index in [0.29, 0.717) is 11.6 Å². The van der Waals surface area contributed by atoms with Gasteiger partial charge in [0.2, 0.25) is 5.91 Å². The lowest BCUT2D eigenvalue weighted by molar-refractivity contribution is -0.123. The lowest BCUT2D eigenvalue weighted by Gasteiger charge is -2.29. The molecule has 1 saturated heterocycles. The highest BCUT2D eigenvalue weighted by Crippen LogP contribution is 2.18. The predicted molar refractivity (Wildman–Crippen MR) is 79.3 cm³/mol. The fourth-order valence-electron chi connectivity index (χ4n) is 2.25. The minimum absolute atomic E-state index is 0.0149. The Morgan fingerprint density at radius 2 is 2.24 bits per heavy atom. The molecule has 1 aliphatic heterocycles.